The lowest BCUT2D eigenvalue weighted by molar-refractivity contribution is 0.0990. The third-order valence-corrected chi connectivity index (χ3v) is 8.20. The van der Waals surface area contributed by atoms with Crippen molar-refractivity contribution in [1.82, 2.24) is 4.98 Å². The summed E-state index contributed by atoms with van der Waals surface area (Å²) in [7, 11) is 0. The summed E-state index contributed by atoms with van der Waals surface area (Å²) in [6, 6.07) is 19.1. The topological polar surface area (TPSA) is 60.2 Å². The van der Waals surface area contributed by atoms with Crippen LogP contribution in [0.2, 0.25) is 0 Å². The average Bonchev–Trinajstić information content (AvgIpc) is 3.42. The van der Waals surface area contributed by atoms with Crippen LogP contribution in [0.5, 0.6) is 0 Å². The minimum absolute atomic E-state index is 0.133. The maximum absolute atomic E-state index is 13.0. The zero-order chi connectivity index (χ0) is 22.0. The number of hydrogen-bond acceptors (Lipinski definition) is 5. The van der Waals surface area contributed by atoms with Gasteiger partial charge in [0.2, 0.25) is 5.71 Å². The van der Waals surface area contributed by atoms with Gasteiger partial charge >= 0.3 is 0 Å². The fraction of sp³-hybridized carbons (Fsp3) is 0. The second-order valence-electron chi connectivity index (χ2n) is 7.43. The van der Waals surface area contributed by atoms with E-state index in [1.807, 2.05) is 48.5 Å². The number of thiazole rings is 1. The Hall–Kier alpha value is -2.87. The molecule has 154 valence electrons. The van der Waals surface area contributed by atoms with Crippen LogP contribution in [0.3, 0.4) is 0 Å². The van der Waals surface area contributed by atoms with Gasteiger partial charge in [-0.2, -0.15) is 0 Å². The van der Waals surface area contributed by atoms with Crippen molar-refractivity contribution in [3.63, 3.8) is 0 Å². The molecule has 0 saturated carbocycles. The number of rotatable bonds is 2. The molecule has 5 aromatic rings. The molecular weight excluding hydrogens is 554 g/mol. The Morgan fingerprint density at radius 2 is 1.47 bits per heavy atom. The maximum Gasteiger partial charge on any atom is 0.238 e. The highest BCUT2D eigenvalue weighted by Crippen LogP contribution is 2.37. The van der Waals surface area contributed by atoms with Gasteiger partial charge in [0.05, 0.1) is 10.3 Å². The molecule has 0 unspecified atom stereocenters. The van der Waals surface area contributed by atoms with Crippen molar-refractivity contribution in [2.75, 3.05) is 0 Å². The molecule has 0 amide bonds. The van der Waals surface area contributed by atoms with Crippen LogP contribution in [-0.4, -0.2) is 16.6 Å². The Balaban J connectivity index is 1.39. The highest BCUT2D eigenvalue weighted by atomic mass is 79.9. The number of benzene rings is 3. The summed E-state index contributed by atoms with van der Waals surface area (Å²) in [5.41, 5.74) is 2.45. The molecule has 2 aromatic heterocycles. The summed E-state index contributed by atoms with van der Waals surface area (Å²) in [6.07, 6.45) is 1.57. The number of carbonyl (C=O) groups is 2. The fourth-order valence-corrected chi connectivity index (χ4v) is 5.47. The Kier molecular flexibility index (Phi) is 4.54. The Labute approximate surface area is 202 Å². The quantitative estimate of drug-likeness (QED) is 0.163. The first-order valence-electron chi connectivity index (χ1n) is 9.67. The first kappa shape index (κ1) is 19.8. The van der Waals surface area contributed by atoms with Crippen LogP contribution < -0.4 is 0 Å². The molecule has 7 heteroatoms. The lowest BCUT2D eigenvalue weighted by Gasteiger charge is -2.04. The smallest absolute Gasteiger partial charge is 0.238 e. The number of allylic oxidation sites excluding steroid dienone is 1. The molecule has 6 rings (SSSR count). The van der Waals surface area contributed by atoms with Gasteiger partial charge in [-0.1, -0.05) is 30.3 Å². The van der Waals surface area contributed by atoms with E-state index in [4.69, 9.17) is 4.42 Å². The van der Waals surface area contributed by atoms with Crippen LogP contribution in [0.4, 0.5) is 0 Å². The molecule has 0 saturated heterocycles. The number of fused-ring (bicyclic) bond motifs is 3. The minimum atomic E-state index is -0.275. The van der Waals surface area contributed by atoms with Crippen molar-refractivity contribution in [1.29, 1.82) is 0 Å². The molecule has 0 N–H and O–H groups in total. The number of carbonyl (C=O) groups excluding carboxylic acids is 2. The molecule has 2 heterocycles. The van der Waals surface area contributed by atoms with Crippen molar-refractivity contribution in [2.24, 2.45) is 0 Å². The Morgan fingerprint density at radius 3 is 2.06 bits per heavy atom. The minimum Gasteiger partial charge on any atom is -0.437 e. The van der Waals surface area contributed by atoms with Gasteiger partial charge in [0.15, 0.2) is 11.6 Å². The van der Waals surface area contributed by atoms with Crippen LogP contribution in [0.25, 0.3) is 38.6 Å². The van der Waals surface area contributed by atoms with Crippen molar-refractivity contribution in [2.45, 2.75) is 0 Å². The van der Waals surface area contributed by atoms with E-state index in [0.29, 0.717) is 21.8 Å². The van der Waals surface area contributed by atoms with Crippen LogP contribution >= 0.6 is 43.2 Å². The molecule has 1 aliphatic rings. The van der Waals surface area contributed by atoms with Gasteiger partial charge in [-0.15, -0.1) is 11.3 Å². The second-order valence-corrected chi connectivity index (χ2v) is 10.2. The van der Waals surface area contributed by atoms with Gasteiger partial charge in [-0.3, -0.25) is 9.59 Å². The summed E-state index contributed by atoms with van der Waals surface area (Å²) in [5, 5.41) is 2.35. The highest BCUT2D eigenvalue weighted by Gasteiger charge is 2.34. The molecule has 1 aliphatic carbocycles. The Bertz CT molecular complexity index is 1540. The third-order valence-electron chi connectivity index (χ3n) is 5.43. The number of aromatic nitrogens is 1. The average molecular weight is 565 g/mol. The molecule has 3 aromatic carbocycles. The third kappa shape index (κ3) is 3.11. The second kappa shape index (κ2) is 7.33. The lowest BCUT2D eigenvalue weighted by Crippen LogP contribution is -2.00. The fourth-order valence-electron chi connectivity index (χ4n) is 3.88. The summed E-state index contributed by atoms with van der Waals surface area (Å²) in [6.45, 7) is 0. The van der Waals surface area contributed by atoms with Crippen LogP contribution in [-0.2, 0) is 0 Å². The number of nitrogens with zero attached hydrogens (tertiary/aromatic N) is 1. The van der Waals surface area contributed by atoms with Gasteiger partial charge in [0.1, 0.15) is 10.8 Å². The summed E-state index contributed by atoms with van der Waals surface area (Å²) in [4.78, 5) is 30.6. The van der Waals surface area contributed by atoms with Crippen molar-refractivity contribution < 1.29 is 14.0 Å². The van der Waals surface area contributed by atoms with E-state index < -0.39 is 0 Å². The molecule has 0 atom stereocenters. The van der Waals surface area contributed by atoms with Crippen LogP contribution in [0.1, 0.15) is 25.7 Å². The molecule has 0 spiro atoms. The number of furan rings is 1. The van der Waals surface area contributed by atoms with E-state index >= 15 is 0 Å². The SMILES string of the molecule is O=C1C(=Cc2nc3oc(-c4ccccc4)cc3s2)C(=O)c2cc3cc(Br)c(Br)cc3cc21. The Morgan fingerprint density at radius 1 is 0.844 bits per heavy atom. The summed E-state index contributed by atoms with van der Waals surface area (Å²) in [5.74, 6) is 0.188. The van der Waals surface area contributed by atoms with E-state index in [1.54, 1.807) is 18.2 Å². The maximum atomic E-state index is 13.0. The molecule has 4 nitrogen and oxygen atoms in total. The van der Waals surface area contributed by atoms with Crippen molar-refractivity contribution in [3.8, 4) is 11.3 Å². The number of hydrogen-bond donors (Lipinski definition) is 0. The predicted octanol–water partition coefficient (Wildman–Crippen LogP) is 7.70. The van der Waals surface area contributed by atoms with Crippen molar-refractivity contribution in [3.05, 3.63) is 91.3 Å². The van der Waals surface area contributed by atoms with Crippen molar-refractivity contribution >= 4 is 82.0 Å². The molecule has 0 bridgehead atoms. The normalized spacial score (nSPS) is 13.4. The first-order chi connectivity index (χ1) is 15.5. The summed E-state index contributed by atoms with van der Waals surface area (Å²) >= 11 is 8.37. The van der Waals surface area contributed by atoms with E-state index in [0.717, 1.165) is 35.7 Å². The molecule has 0 radical (unpaired) electrons. The molecule has 0 aliphatic heterocycles. The molecule has 0 fully saturated rings. The highest BCUT2D eigenvalue weighted by molar-refractivity contribution is 9.13. The summed E-state index contributed by atoms with van der Waals surface area (Å²) < 4.78 is 8.52. The van der Waals surface area contributed by atoms with Gasteiger partial charge < -0.3 is 4.42 Å². The van der Waals surface area contributed by atoms with Gasteiger partial charge in [0.25, 0.3) is 0 Å². The standard InChI is InChI=1S/C25H11Br2NO3S/c26-18-8-13-6-15-16(7-14(13)9-19(18)27)24(30)17(23(15)29)10-22-28-25-21(32-22)11-20(31-25)12-4-2-1-3-5-12/h1-11H. The van der Waals surface area contributed by atoms with Crippen LogP contribution in [0.15, 0.2) is 79.6 Å². The number of Topliss-reactive ketones (excluding diaryl/α,β-unsaturated/α-hetero) is 2. The zero-order valence-corrected chi connectivity index (χ0v) is 20.2. The zero-order valence-electron chi connectivity index (χ0n) is 16.2. The van der Waals surface area contributed by atoms with Gasteiger partial charge in [-0.05, 0) is 73.0 Å². The monoisotopic (exact) mass is 563 g/mol. The van der Waals surface area contributed by atoms with E-state index in [1.165, 1.54) is 11.3 Å². The van der Waals surface area contributed by atoms with Crippen LogP contribution in [0, 0.1) is 0 Å². The number of halogens is 2. The van der Waals surface area contributed by atoms with Gasteiger partial charge in [-0.25, -0.2) is 4.98 Å². The molecule has 32 heavy (non-hydrogen) atoms. The lowest BCUT2D eigenvalue weighted by atomic mass is 10.0. The van der Waals surface area contributed by atoms with E-state index in [9.17, 15) is 9.59 Å². The number of ketones is 2. The van der Waals surface area contributed by atoms with E-state index in [2.05, 4.69) is 36.8 Å². The molecular formula is C25H11Br2NO3S. The van der Waals surface area contributed by atoms with Gasteiger partial charge in [0, 0.05) is 31.7 Å². The predicted molar refractivity (Wildman–Crippen MR) is 133 cm³/mol. The first-order valence-corrected chi connectivity index (χ1v) is 12.1. The largest absolute Gasteiger partial charge is 0.437 e. The van der Waals surface area contributed by atoms with E-state index in [-0.39, 0.29) is 17.1 Å².